The van der Waals surface area contributed by atoms with Crippen molar-refractivity contribution in [1.82, 2.24) is 14.8 Å². The number of fused-ring (bicyclic) bond motifs is 1. The maximum atomic E-state index is 12.8. The van der Waals surface area contributed by atoms with E-state index in [-0.39, 0.29) is 11.8 Å². The lowest BCUT2D eigenvalue weighted by Crippen LogP contribution is -2.37. The van der Waals surface area contributed by atoms with E-state index in [1.807, 2.05) is 44.5 Å². The van der Waals surface area contributed by atoms with Crippen LogP contribution in [0.15, 0.2) is 29.2 Å². The van der Waals surface area contributed by atoms with E-state index >= 15 is 0 Å². The summed E-state index contributed by atoms with van der Waals surface area (Å²) in [4.78, 5) is 15.7. The lowest BCUT2D eigenvalue weighted by atomic mass is 9.97. The normalized spacial score (nSPS) is 17.1. The molecule has 0 bridgehead atoms. The number of nitrogens with zero attached hydrogens (tertiary/aromatic N) is 4. The fourth-order valence-electron chi connectivity index (χ4n) is 2.87. The fraction of sp³-hybridized carbons (Fsp3) is 0.438. The molecule has 0 N–H and O–H groups in total. The van der Waals surface area contributed by atoms with Crippen LogP contribution in [0.3, 0.4) is 0 Å². The molecule has 22 heavy (non-hydrogen) atoms. The van der Waals surface area contributed by atoms with Crippen LogP contribution in [0.2, 0.25) is 0 Å². The van der Waals surface area contributed by atoms with Gasteiger partial charge in [-0.2, -0.15) is 0 Å². The Labute approximate surface area is 134 Å². The van der Waals surface area contributed by atoms with Gasteiger partial charge in [0.15, 0.2) is 0 Å². The zero-order chi connectivity index (χ0) is 15.7. The summed E-state index contributed by atoms with van der Waals surface area (Å²) in [7, 11) is 1.85. The van der Waals surface area contributed by atoms with Gasteiger partial charge in [-0.3, -0.25) is 4.79 Å². The highest BCUT2D eigenvalue weighted by Crippen LogP contribution is 2.25. The quantitative estimate of drug-likeness (QED) is 0.817. The second kappa shape index (κ2) is 6.12. The van der Waals surface area contributed by atoms with Crippen LogP contribution in [0.1, 0.15) is 18.1 Å². The maximum absolute atomic E-state index is 12.8. The van der Waals surface area contributed by atoms with E-state index in [4.69, 9.17) is 0 Å². The van der Waals surface area contributed by atoms with Crippen molar-refractivity contribution < 1.29 is 4.79 Å². The largest absolute Gasteiger partial charge is 0.315 e. The van der Waals surface area contributed by atoms with Crippen molar-refractivity contribution in [3.63, 3.8) is 0 Å². The van der Waals surface area contributed by atoms with Crippen LogP contribution in [0.5, 0.6) is 0 Å². The summed E-state index contributed by atoms with van der Waals surface area (Å²) in [6, 6.07) is 8.10. The maximum Gasteiger partial charge on any atom is 0.231 e. The summed E-state index contributed by atoms with van der Waals surface area (Å²) >= 11 is 1.70. The molecule has 0 aliphatic carbocycles. The minimum absolute atomic E-state index is 0.00701. The first-order valence-electron chi connectivity index (χ1n) is 7.40. The average Bonchev–Trinajstić information content (AvgIpc) is 2.94. The standard InChI is InChI=1S/C16H20N4OS/c1-11-17-18-15-9-4-12(10-20(11)15)16(21)19(2)13-5-7-14(22-3)8-6-13/h5-8,12H,4,9-10H2,1-3H3. The highest BCUT2D eigenvalue weighted by Gasteiger charge is 2.29. The molecule has 1 aliphatic rings. The van der Waals surface area contributed by atoms with Gasteiger partial charge in [0, 0.05) is 30.6 Å². The number of benzene rings is 1. The van der Waals surface area contributed by atoms with Crippen LogP contribution in [-0.2, 0) is 17.8 Å². The molecular weight excluding hydrogens is 296 g/mol. The Kier molecular flexibility index (Phi) is 4.20. The lowest BCUT2D eigenvalue weighted by molar-refractivity contribution is -0.123. The fourth-order valence-corrected chi connectivity index (χ4v) is 3.28. The van der Waals surface area contributed by atoms with Crippen molar-refractivity contribution >= 4 is 23.4 Å². The summed E-state index contributed by atoms with van der Waals surface area (Å²) < 4.78 is 2.07. The van der Waals surface area contributed by atoms with Gasteiger partial charge in [-0.15, -0.1) is 22.0 Å². The molecule has 2 heterocycles. The number of amides is 1. The van der Waals surface area contributed by atoms with Gasteiger partial charge in [0.05, 0.1) is 5.92 Å². The van der Waals surface area contributed by atoms with E-state index in [1.54, 1.807) is 16.7 Å². The lowest BCUT2D eigenvalue weighted by Gasteiger charge is -2.27. The van der Waals surface area contributed by atoms with Gasteiger partial charge in [0.1, 0.15) is 11.6 Å². The Morgan fingerprint density at radius 2 is 2.05 bits per heavy atom. The van der Waals surface area contributed by atoms with Crippen LogP contribution >= 0.6 is 11.8 Å². The molecule has 1 aliphatic heterocycles. The number of rotatable bonds is 3. The minimum atomic E-state index is -0.00701. The molecule has 0 saturated carbocycles. The van der Waals surface area contributed by atoms with Crippen LogP contribution < -0.4 is 4.90 Å². The van der Waals surface area contributed by atoms with Gasteiger partial charge in [-0.25, -0.2) is 0 Å². The Morgan fingerprint density at radius 1 is 1.32 bits per heavy atom. The number of anilines is 1. The second-order valence-electron chi connectivity index (χ2n) is 5.60. The second-order valence-corrected chi connectivity index (χ2v) is 6.48. The van der Waals surface area contributed by atoms with Crippen molar-refractivity contribution in [2.24, 2.45) is 5.92 Å². The molecule has 5 nitrogen and oxygen atoms in total. The average molecular weight is 316 g/mol. The third kappa shape index (κ3) is 2.75. The molecule has 0 spiro atoms. The molecule has 1 aromatic heterocycles. The third-order valence-electron chi connectivity index (χ3n) is 4.27. The first kappa shape index (κ1) is 15.1. The van der Waals surface area contributed by atoms with Crippen molar-refractivity contribution in [2.45, 2.75) is 31.2 Å². The summed E-state index contributed by atoms with van der Waals surface area (Å²) in [5.74, 6) is 2.04. The summed E-state index contributed by atoms with van der Waals surface area (Å²) in [6.07, 6.45) is 3.70. The molecule has 1 unspecified atom stereocenters. The van der Waals surface area contributed by atoms with E-state index in [0.717, 1.165) is 30.2 Å². The van der Waals surface area contributed by atoms with Gasteiger partial charge in [-0.1, -0.05) is 0 Å². The smallest absolute Gasteiger partial charge is 0.231 e. The van der Waals surface area contributed by atoms with Gasteiger partial charge in [0.2, 0.25) is 5.91 Å². The SMILES string of the molecule is CSc1ccc(N(C)C(=O)C2CCc3nnc(C)n3C2)cc1. The number of carbonyl (C=O) groups excluding carboxylic acids is 1. The van der Waals surface area contributed by atoms with Gasteiger partial charge >= 0.3 is 0 Å². The van der Waals surface area contributed by atoms with Crippen LogP contribution in [0.4, 0.5) is 5.69 Å². The van der Waals surface area contributed by atoms with E-state index in [9.17, 15) is 4.79 Å². The third-order valence-corrected chi connectivity index (χ3v) is 5.01. The highest BCUT2D eigenvalue weighted by atomic mass is 32.2. The van der Waals surface area contributed by atoms with Crippen molar-refractivity contribution in [3.05, 3.63) is 35.9 Å². The molecule has 0 saturated heterocycles. The predicted octanol–water partition coefficient (Wildman–Crippen LogP) is 2.53. The van der Waals surface area contributed by atoms with Crippen LogP contribution in [0.25, 0.3) is 0 Å². The first-order chi connectivity index (χ1) is 10.6. The molecule has 3 rings (SSSR count). The zero-order valence-corrected chi connectivity index (χ0v) is 13.9. The van der Waals surface area contributed by atoms with E-state index in [2.05, 4.69) is 14.8 Å². The Balaban J connectivity index is 1.74. The van der Waals surface area contributed by atoms with Crippen molar-refractivity contribution in [3.8, 4) is 0 Å². The molecule has 1 atom stereocenters. The number of thioether (sulfide) groups is 1. The number of carbonyl (C=O) groups is 1. The summed E-state index contributed by atoms with van der Waals surface area (Å²) in [6.45, 7) is 2.62. The molecule has 0 fully saturated rings. The molecule has 2 aromatic rings. The number of hydrogen-bond donors (Lipinski definition) is 0. The predicted molar refractivity (Wildman–Crippen MR) is 88.2 cm³/mol. The van der Waals surface area contributed by atoms with Crippen LogP contribution in [-0.4, -0.2) is 34.0 Å². The number of hydrogen-bond acceptors (Lipinski definition) is 4. The summed E-state index contributed by atoms with van der Waals surface area (Å²) in [5, 5.41) is 8.26. The molecule has 0 radical (unpaired) electrons. The zero-order valence-electron chi connectivity index (χ0n) is 13.1. The number of aromatic nitrogens is 3. The number of aryl methyl sites for hydroxylation is 2. The van der Waals surface area contributed by atoms with E-state index < -0.39 is 0 Å². The van der Waals surface area contributed by atoms with Gasteiger partial charge in [-0.05, 0) is 43.9 Å². The topological polar surface area (TPSA) is 51.0 Å². The molecule has 6 heteroatoms. The molecule has 116 valence electrons. The monoisotopic (exact) mass is 316 g/mol. The van der Waals surface area contributed by atoms with E-state index in [0.29, 0.717) is 6.54 Å². The van der Waals surface area contributed by atoms with E-state index in [1.165, 1.54) is 4.90 Å². The Hall–Kier alpha value is -1.82. The molecule has 1 aromatic carbocycles. The highest BCUT2D eigenvalue weighted by molar-refractivity contribution is 7.98. The summed E-state index contributed by atoms with van der Waals surface area (Å²) in [5.41, 5.74) is 0.939. The Morgan fingerprint density at radius 3 is 2.73 bits per heavy atom. The van der Waals surface area contributed by atoms with Gasteiger partial charge in [0.25, 0.3) is 0 Å². The first-order valence-corrected chi connectivity index (χ1v) is 8.63. The van der Waals surface area contributed by atoms with Crippen molar-refractivity contribution in [1.29, 1.82) is 0 Å². The minimum Gasteiger partial charge on any atom is -0.315 e. The van der Waals surface area contributed by atoms with Crippen molar-refractivity contribution in [2.75, 3.05) is 18.2 Å². The Bertz CT molecular complexity index is 680. The van der Waals surface area contributed by atoms with Crippen LogP contribution in [0, 0.1) is 12.8 Å². The molecular formula is C16H20N4OS. The van der Waals surface area contributed by atoms with Gasteiger partial charge < -0.3 is 9.47 Å². The molecule has 1 amide bonds.